The van der Waals surface area contributed by atoms with Gasteiger partial charge in [-0.05, 0) is 20.8 Å². The van der Waals surface area contributed by atoms with E-state index in [2.05, 4.69) is 20.2 Å². The highest BCUT2D eigenvalue weighted by Gasteiger charge is 2.22. The molecule has 2 aromatic heterocycles. The Morgan fingerprint density at radius 1 is 1.45 bits per heavy atom. The van der Waals surface area contributed by atoms with Gasteiger partial charge in [-0.25, -0.2) is 14.9 Å². The van der Waals surface area contributed by atoms with Gasteiger partial charge in [0, 0.05) is 11.9 Å². The van der Waals surface area contributed by atoms with Crippen LogP contribution in [0.2, 0.25) is 0 Å². The van der Waals surface area contributed by atoms with Crippen molar-refractivity contribution in [2.45, 2.75) is 33.2 Å². The zero-order valence-corrected chi connectivity index (χ0v) is 12.7. The molecule has 0 unspecified atom stereocenters. The Kier molecular flexibility index (Phi) is 4.03. The van der Waals surface area contributed by atoms with Crippen molar-refractivity contribution in [3.8, 4) is 0 Å². The number of nitrogens with zero attached hydrogens (tertiary/aromatic N) is 3. The first kappa shape index (κ1) is 14.4. The van der Waals surface area contributed by atoms with E-state index >= 15 is 0 Å². The normalized spacial score (nSPS) is 12.4. The van der Waals surface area contributed by atoms with Gasteiger partial charge in [0.05, 0.1) is 23.2 Å². The summed E-state index contributed by atoms with van der Waals surface area (Å²) in [5.41, 5.74) is 0.508. The van der Waals surface area contributed by atoms with E-state index in [1.165, 1.54) is 0 Å². The quantitative estimate of drug-likeness (QED) is 0.877. The van der Waals surface area contributed by atoms with Crippen molar-refractivity contribution in [2.75, 3.05) is 7.05 Å². The van der Waals surface area contributed by atoms with Gasteiger partial charge in [0.15, 0.2) is 0 Å². The van der Waals surface area contributed by atoms with Crippen LogP contribution >= 0.6 is 11.3 Å². The van der Waals surface area contributed by atoms with Crippen molar-refractivity contribution in [2.24, 2.45) is 0 Å². The number of aromatic nitrogens is 4. The summed E-state index contributed by atoms with van der Waals surface area (Å²) in [6.07, 6.45) is 0.0573. The minimum atomic E-state index is -0.408. The lowest BCUT2D eigenvalue weighted by molar-refractivity contribution is -0.131. The maximum atomic E-state index is 12.2. The topological polar surface area (TPSA) is 94.7 Å². The van der Waals surface area contributed by atoms with E-state index in [9.17, 15) is 9.59 Å². The van der Waals surface area contributed by atoms with Crippen molar-refractivity contribution in [3.63, 3.8) is 0 Å². The van der Waals surface area contributed by atoms with Gasteiger partial charge in [-0.3, -0.25) is 9.78 Å². The molecule has 2 aromatic rings. The number of aryl methyl sites for hydroxylation is 2. The number of carbonyl (C=O) groups excluding carboxylic acids is 1. The fourth-order valence-electron chi connectivity index (χ4n) is 1.99. The molecule has 0 aliphatic rings. The van der Waals surface area contributed by atoms with E-state index in [-0.39, 0.29) is 18.4 Å². The minimum absolute atomic E-state index is 0.0573. The number of aromatic amines is 2. The summed E-state index contributed by atoms with van der Waals surface area (Å²) in [6.45, 7) is 5.89. The third kappa shape index (κ3) is 2.96. The fraction of sp³-hybridized carbons (Fsp3) is 0.500. The first-order valence-electron chi connectivity index (χ1n) is 6.21. The Balaban J connectivity index is 2.10. The van der Waals surface area contributed by atoms with Crippen LogP contribution in [0.15, 0.2) is 4.79 Å². The number of hydrogen-bond acceptors (Lipinski definition) is 5. The molecule has 0 radical (unpaired) electrons. The first-order valence-corrected chi connectivity index (χ1v) is 7.03. The second-order valence-corrected chi connectivity index (χ2v) is 6.06. The second kappa shape index (κ2) is 5.58. The zero-order valence-electron chi connectivity index (χ0n) is 11.9. The van der Waals surface area contributed by atoms with Crippen LogP contribution in [-0.4, -0.2) is 38.0 Å². The largest absolute Gasteiger partial charge is 0.340 e. The summed E-state index contributed by atoms with van der Waals surface area (Å²) in [5.74, 6) is 0.218. The molecule has 20 heavy (non-hydrogen) atoms. The molecule has 1 atom stereocenters. The summed E-state index contributed by atoms with van der Waals surface area (Å²) in [5, 5.41) is 6.97. The van der Waals surface area contributed by atoms with E-state index in [1.54, 1.807) is 23.3 Å². The van der Waals surface area contributed by atoms with Gasteiger partial charge in [0.25, 0.3) is 0 Å². The summed E-state index contributed by atoms with van der Waals surface area (Å²) >= 11 is 1.62. The molecule has 8 heteroatoms. The molecular formula is C12H17N5O2S. The number of amides is 1. The first-order chi connectivity index (χ1) is 9.38. The molecule has 0 saturated heterocycles. The monoisotopic (exact) mass is 295 g/mol. The summed E-state index contributed by atoms with van der Waals surface area (Å²) in [7, 11) is 1.73. The predicted molar refractivity (Wildman–Crippen MR) is 75.7 cm³/mol. The molecule has 7 nitrogen and oxygen atoms in total. The summed E-state index contributed by atoms with van der Waals surface area (Å²) in [4.78, 5) is 32.8. The van der Waals surface area contributed by atoms with E-state index in [0.29, 0.717) is 5.82 Å². The van der Waals surface area contributed by atoms with Crippen molar-refractivity contribution in [1.29, 1.82) is 0 Å². The van der Waals surface area contributed by atoms with E-state index in [1.807, 2.05) is 20.8 Å². The van der Waals surface area contributed by atoms with Crippen molar-refractivity contribution in [3.05, 3.63) is 31.9 Å². The highest BCUT2D eigenvalue weighted by atomic mass is 32.1. The van der Waals surface area contributed by atoms with Crippen molar-refractivity contribution < 1.29 is 4.79 Å². The average molecular weight is 295 g/mol. The molecule has 0 fully saturated rings. The number of likely N-dealkylation sites (N-methyl/N-ethyl adjacent to an activating group) is 1. The molecule has 0 bridgehead atoms. The molecule has 108 valence electrons. The van der Waals surface area contributed by atoms with Crippen LogP contribution in [0.1, 0.15) is 34.4 Å². The van der Waals surface area contributed by atoms with Crippen LogP contribution in [0.3, 0.4) is 0 Å². The number of thiazole rings is 1. The smallest absolute Gasteiger partial charge is 0.337 e. The van der Waals surface area contributed by atoms with Crippen LogP contribution in [-0.2, 0) is 11.2 Å². The number of rotatable bonds is 4. The predicted octanol–water partition coefficient (Wildman–Crippen LogP) is 0.933. The van der Waals surface area contributed by atoms with Crippen LogP contribution in [0.4, 0.5) is 0 Å². The van der Waals surface area contributed by atoms with Gasteiger partial charge < -0.3 is 4.90 Å². The maximum absolute atomic E-state index is 12.2. The van der Waals surface area contributed by atoms with Gasteiger partial charge in [0.1, 0.15) is 5.82 Å². The van der Waals surface area contributed by atoms with Crippen LogP contribution in [0.25, 0.3) is 0 Å². The zero-order chi connectivity index (χ0) is 14.9. The SMILES string of the molecule is Cc1nc([C@H](C)N(C)C(=O)Cc2n[nH]c(=O)[nH]2)c(C)s1. The van der Waals surface area contributed by atoms with Crippen LogP contribution < -0.4 is 5.69 Å². The standard InChI is InChI=1S/C12H17N5O2S/c1-6(11-7(2)20-8(3)13-11)17(4)10(18)5-9-14-12(19)16-15-9/h6H,5H2,1-4H3,(H2,14,15,16,19)/t6-/m0/s1. The molecule has 2 N–H and O–H groups in total. The summed E-state index contributed by atoms with van der Waals surface area (Å²) in [6, 6.07) is -0.113. The van der Waals surface area contributed by atoms with Crippen LogP contribution in [0.5, 0.6) is 0 Å². The van der Waals surface area contributed by atoms with Gasteiger partial charge in [-0.2, -0.15) is 5.10 Å². The Hall–Kier alpha value is -1.96. The highest BCUT2D eigenvalue weighted by molar-refractivity contribution is 7.11. The van der Waals surface area contributed by atoms with Crippen LogP contribution in [0, 0.1) is 13.8 Å². The molecule has 0 aliphatic heterocycles. The highest BCUT2D eigenvalue weighted by Crippen LogP contribution is 2.26. The third-order valence-corrected chi connectivity index (χ3v) is 4.08. The molecule has 0 aliphatic carbocycles. The van der Waals surface area contributed by atoms with E-state index in [0.717, 1.165) is 15.6 Å². The lowest BCUT2D eigenvalue weighted by Crippen LogP contribution is -2.31. The Morgan fingerprint density at radius 3 is 2.65 bits per heavy atom. The Labute approximate surface area is 120 Å². The third-order valence-electron chi connectivity index (χ3n) is 3.18. The van der Waals surface area contributed by atoms with Gasteiger partial charge in [0.2, 0.25) is 5.91 Å². The molecule has 2 rings (SSSR count). The molecule has 0 spiro atoms. The molecule has 0 aromatic carbocycles. The van der Waals surface area contributed by atoms with E-state index in [4.69, 9.17) is 0 Å². The van der Waals surface area contributed by atoms with Gasteiger partial charge in [-0.15, -0.1) is 11.3 Å². The van der Waals surface area contributed by atoms with E-state index < -0.39 is 5.69 Å². The molecule has 0 saturated carbocycles. The average Bonchev–Trinajstić information content (AvgIpc) is 2.93. The summed E-state index contributed by atoms with van der Waals surface area (Å²) < 4.78 is 0. The fourth-order valence-corrected chi connectivity index (χ4v) is 2.90. The lowest BCUT2D eigenvalue weighted by Gasteiger charge is -2.24. The maximum Gasteiger partial charge on any atom is 0.340 e. The molecule has 2 heterocycles. The molecular weight excluding hydrogens is 278 g/mol. The second-order valence-electron chi connectivity index (χ2n) is 4.66. The molecule has 1 amide bonds. The van der Waals surface area contributed by atoms with Gasteiger partial charge in [-0.1, -0.05) is 0 Å². The van der Waals surface area contributed by atoms with Gasteiger partial charge >= 0.3 is 5.69 Å². The van der Waals surface area contributed by atoms with Crippen molar-refractivity contribution >= 4 is 17.2 Å². The Bertz CT molecular complexity index is 671. The number of H-pyrrole nitrogens is 2. The lowest BCUT2D eigenvalue weighted by atomic mass is 10.2. The number of carbonyl (C=O) groups is 1. The van der Waals surface area contributed by atoms with Crippen molar-refractivity contribution in [1.82, 2.24) is 25.1 Å². The number of nitrogens with one attached hydrogen (secondary N) is 2. The minimum Gasteiger partial charge on any atom is -0.337 e. The Morgan fingerprint density at radius 2 is 2.15 bits per heavy atom. The number of hydrogen-bond donors (Lipinski definition) is 2.